The van der Waals surface area contributed by atoms with Crippen LogP contribution in [0, 0.1) is 0 Å². The van der Waals surface area contributed by atoms with Crippen LogP contribution >= 0.6 is 11.3 Å². The van der Waals surface area contributed by atoms with Gasteiger partial charge in [-0.25, -0.2) is 0 Å². The molecule has 2 nitrogen and oxygen atoms in total. The maximum atomic E-state index is 6.76. The number of hydrogen-bond donors (Lipinski definition) is 0. The van der Waals surface area contributed by atoms with Crippen molar-refractivity contribution >= 4 is 92.1 Å². The third-order valence-corrected chi connectivity index (χ3v) is 13.0. The van der Waals surface area contributed by atoms with E-state index in [0.29, 0.717) is 0 Å². The van der Waals surface area contributed by atoms with Crippen LogP contribution in [-0.4, -0.2) is 0 Å². The van der Waals surface area contributed by atoms with Gasteiger partial charge in [-0.1, -0.05) is 146 Å². The molecule has 0 fully saturated rings. The summed E-state index contributed by atoms with van der Waals surface area (Å²) in [5.74, 6) is 0. The van der Waals surface area contributed by atoms with Gasteiger partial charge >= 0.3 is 0 Å². The van der Waals surface area contributed by atoms with E-state index in [2.05, 4.69) is 211 Å². The Balaban J connectivity index is 1.09. The molecule has 59 heavy (non-hydrogen) atoms. The highest BCUT2D eigenvalue weighted by molar-refractivity contribution is 7.25. The Hall–Kier alpha value is -7.46. The van der Waals surface area contributed by atoms with Gasteiger partial charge in [0.2, 0.25) is 0 Å². The van der Waals surface area contributed by atoms with E-state index in [1.165, 1.54) is 58.4 Å². The molecule has 0 aliphatic rings. The first-order valence-electron chi connectivity index (χ1n) is 20.1. The maximum Gasteiger partial charge on any atom is 0.159 e. The molecule has 0 saturated heterocycles. The predicted molar refractivity (Wildman–Crippen MR) is 253 cm³/mol. The fourth-order valence-corrected chi connectivity index (χ4v) is 10.1. The Morgan fingerprint density at radius 2 is 0.983 bits per heavy atom. The zero-order chi connectivity index (χ0) is 38.9. The molecule has 10 aromatic carbocycles. The third-order valence-electron chi connectivity index (χ3n) is 11.8. The maximum absolute atomic E-state index is 6.76. The van der Waals surface area contributed by atoms with Crippen LogP contribution in [0.3, 0.4) is 0 Å². The molecule has 12 rings (SSSR count). The summed E-state index contributed by atoms with van der Waals surface area (Å²) in [4.78, 5) is 2.38. The second kappa shape index (κ2) is 13.6. The standard InChI is InChI=1S/C56H35NOS/c1-2-13-36(14-3-1)40-31-41(38-27-30-55-51(34-38)48-20-9-11-24-54(48)59-55)33-43(32-40)57(52-22-12-21-49-47-19-8-10-23-53(47)58-56(49)52)42-28-25-37(26-29-42)50-35-39-15-4-5-16-44(39)45-17-6-7-18-46(45)50/h1-35H. The van der Waals surface area contributed by atoms with Gasteiger partial charge in [-0.05, 0) is 122 Å². The van der Waals surface area contributed by atoms with E-state index in [9.17, 15) is 0 Å². The summed E-state index contributed by atoms with van der Waals surface area (Å²) in [7, 11) is 0. The van der Waals surface area contributed by atoms with Crippen molar-refractivity contribution in [3.8, 4) is 33.4 Å². The highest BCUT2D eigenvalue weighted by atomic mass is 32.1. The largest absolute Gasteiger partial charge is 0.454 e. The fourth-order valence-electron chi connectivity index (χ4n) is 9.03. The lowest BCUT2D eigenvalue weighted by Gasteiger charge is -2.27. The topological polar surface area (TPSA) is 16.4 Å². The van der Waals surface area contributed by atoms with Crippen molar-refractivity contribution in [1.82, 2.24) is 0 Å². The highest BCUT2D eigenvalue weighted by Gasteiger charge is 2.22. The molecule has 0 N–H and O–H groups in total. The van der Waals surface area contributed by atoms with Crippen LogP contribution in [0.5, 0.6) is 0 Å². The second-order valence-corrected chi connectivity index (χ2v) is 16.4. The number of anilines is 3. The number of fused-ring (bicyclic) bond motifs is 9. The van der Waals surface area contributed by atoms with Crippen molar-refractivity contribution < 1.29 is 4.42 Å². The van der Waals surface area contributed by atoms with E-state index in [1.807, 2.05) is 17.4 Å². The zero-order valence-corrected chi connectivity index (χ0v) is 32.8. The summed E-state index contributed by atoms with van der Waals surface area (Å²) in [6.45, 7) is 0. The SMILES string of the molecule is c1ccc(-c2cc(-c3ccc4sc5ccccc5c4c3)cc(N(c3ccc(-c4cc5ccccc5c5ccccc45)cc3)c3cccc4c3oc3ccccc34)c2)cc1. The quantitative estimate of drug-likeness (QED) is 0.157. The number of benzene rings is 10. The van der Waals surface area contributed by atoms with Crippen molar-refractivity contribution in [1.29, 1.82) is 0 Å². The molecule has 0 radical (unpaired) electrons. The van der Waals surface area contributed by atoms with Crippen molar-refractivity contribution in [2.75, 3.05) is 4.90 Å². The molecule has 2 heterocycles. The van der Waals surface area contributed by atoms with Crippen molar-refractivity contribution in [3.05, 3.63) is 212 Å². The van der Waals surface area contributed by atoms with Gasteiger partial charge in [-0.3, -0.25) is 0 Å². The summed E-state index contributed by atoms with van der Waals surface area (Å²) >= 11 is 1.85. The summed E-state index contributed by atoms with van der Waals surface area (Å²) in [5.41, 5.74) is 11.9. The number of hydrogen-bond acceptors (Lipinski definition) is 3. The summed E-state index contributed by atoms with van der Waals surface area (Å²) in [6, 6.07) is 77.1. The third kappa shape index (κ3) is 5.62. The minimum absolute atomic E-state index is 0.858. The van der Waals surface area contributed by atoms with Crippen LogP contribution in [0.15, 0.2) is 217 Å². The molecule has 0 aliphatic carbocycles. The second-order valence-electron chi connectivity index (χ2n) is 15.3. The minimum atomic E-state index is 0.858. The first kappa shape index (κ1) is 33.7. The van der Waals surface area contributed by atoms with Gasteiger partial charge in [0.15, 0.2) is 5.58 Å². The van der Waals surface area contributed by atoms with Gasteiger partial charge in [0.05, 0.1) is 5.69 Å². The van der Waals surface area contributed by atoms with Gasteiger partial charge in [-0.15, -0.1) is 11.3 Å². The van der Waals surface area contributed by atoms with Crippen LogP contribution in [-0.2, 0) is 0 Å². The van der Waals surface area contributed by atoms with Crippen molar-refractivity contribution in [2.45, 2.75) is 0 Å². The lowest BCUT2D eigenvalue weighted by Crippen LogP contribution is -2.10. The van der Waals surface area contributed by atoms with E-state index in [4.69, 9.17) is 4.42 Å². The average molecular weight is 770 g/mol. The molecule has 0 atom stereocenters. The molecule has 0 spiro atoms. The van der Waals surface area contributed by atoms with Gasteiger partial charge in [0.1, 0.15) is 5.58 Å². The van der Waals surface area contributed by atoms with Crippen LogP contribution in [0.4, 0.5) is 17.1 Å². The van der Waals surface area contributed by atoms with Gasteiger partial charge < -0.3 is 9.32 Å². The molecule has 0 amide bonds. The monoisotopic (exact) mass is 769 g/mol. The van der Waals surface area contributed by atoms with E-state index in [1.54, 1.807) is 0 Å². The average Bonchev–Trinajstić information content (AvgIpc) is 3.88. The number of rotatable bonds is 6. The van der Waals surface area contributed by atoms with E-state index >= 15 is 0 Å². The van der Waals surface area contributed by atoms with E-state index < -0.39 is 0 Å². The van der Waals surface area contributed by atoms with Crippen LogP contribution < -0.4 is 4.90 Å². The van der Waals surface area contributed by atoms with E-state index in [-0.39, 0.29) is 0 Å². The molecular weight excluding hydrogens is 735 g/mol. The first-order chi connectivity index (χ1) is 29.2. The predicted octanol–water partition coefficient (Wildman–Crippen LogP) is 16.7. The Kier molecular flexibility index (Phi) is 7.75. The van der Waals surface area contributed by atoms with Gasteiger partial charge in [0.25, 0.3) is 0 Å². The molecule has 0 aliphatic heterocycles. The molecule has 0 unspecified atom stereocenters. The fraction of sp³-hybridized carbons (Fsp3) is 0. The zero-order valence-electron chi connectivity index (χ0n) is 32.0. The lowest BCUT2D eigenvalue weighted by atomic mass is 9.93. The molecule has 0 bridgehead atoms. The van der Waals surface area contributed by atoms with Gasteiger partial charge in [-0.2, -0.15) is 0 Å². The van der Waals surface area contributed by atoms with Crippen LogP contribution in [0.25, 0.3) is 97.0 Å². The van der Waals surface area contributed by atoms with Crippen molar-refractivity contribution in [2.24, 2.45) is 0 Å². The highest BCUT2D eigenvalue weighted by Crippen LogP contribution is 2.46. The molecule has 0 saturated carbocycles. The Morgan fingerprint density at radius 3 is 1.83 bits per heavy atom. The van der Waals surface area contributed by atoms with Gasteiger partial charge in [0, 0.05) is 42.3 Å². The Morgan fingerprint density at radius 1 is 0.339 bits per heavy atom. The van der Waals surface area contributed by atoms with Crippen molar-refractivity contribution in [3.63, 3.8) is 0 Å². The Bertz CT molecular complexity index is 3560. The number of para-hydroxylation sites is 2. The Labute approximate surface area is 345 Å². The lowest BCUT2D eigenvalue weighted by molar-refractivity contribution is 0.669. The smallest absolute Gasteiger partial charge is 0.159 e. The molecule has 276 valence electrons. The summed E-state index contributed by atoms with van der Waals surface area (Å²) < 4.78 is 9.37. The molecule has 12 aromatic rings. The number of furan rings is 1. The van der Waals surface area contributed by atoms with Crippen LogP contribution in [0.2, 0.25) is 0 Å². The minimum Gasteiger partial charge on any atom is -0.454 e. The number of thiophene rings is 1. The summed E-state index contributed by atoms with van der Waals surface area (Å²) in [6.07, 6.45) is 0. The normalized spacial score (nSPS) is 11.7. The summed E-state index contributed by atoms with van der Waals surface area (Å²) in [5, 5.41) is 9.81. The first-order valence-corrected chi connectivity index (χ1v) is 20.9. The van der Waals surface area contributed by atoms with Crippen LogP contribution in [0.1, 0.15) is 0 Å². The number of nitrogens with zero attached hydrogens (tertiary/aromatic N) is 1. The van der Waals surface area contributed by atoms with E-state index in [0.717, 1.165) is 55.7 Å². The molecule has 3 heteroatoms. The molecule has 2 aromatic heterocycles. The molecular formula is C56H35NOS.